The van der Waals surface area contributed by atoms with Gasteiger partial charge in [0.25, 0.3) is 0 Å². The van der Waals surface area contributed by atoms with E-state index in [0.29, 0.717) is 41.4 Å². The molecule has 1 amide bonds. The predicted molar refractivity (Wildman–Crippen MR) is 167 cm³/mol. The molecule has 2 aromatic rings. The van der Waals surface area contributed by atoms with Crippen molar-refractivity contribution in [2.75, 3.05) is 39.3 Å². The van der Waals surface area contributed by atoms with Gasteiger partial charge in [0.15, 0.2) is 11.5 Å². The summed E-state index contributed by atoms with van der Waals surface area (Å²) in [5.74, 6) is 0.749. The number of allylic oxidation sites excluding steroid dienone is 3. The van der Waals surface area contributed by atoms with Gasteiger partial charge in [0, 0.05) is 30.8 Å². The molecule has 1 aliphatic rings. The van der Waals surface area contributed by atoms with Gasteiger partial charge in [-0.1, -0.05) is 26.0 Å². The Bertz CT molecular complexity index is 1330. The Labute approximate surface area is 249 Å². The van der Waals surface area contributed by atoms with Crippen molar-refractivity contribution >= 4 is 40.4 Å². The van der Waals surface area contributed by atoms with Crippen LogP contribution in [-0.2, 0) is 16.0 Å². The Balaban J connectivity index is 0.00000588. The molecule has 0 aliphatic heterocycles. The molecule has 0 unspecified atom stereocenters. The zero-order chi connectivity index (χ0) is 29.4. The molecule has 0 fully saturated rings. The van der Waals surface area contributed by atoms with Gasteiger partial charge in [0.1, 0.15) is 0 Å². The molecule has 41 heavy (non-hydrogen) atoms. The highest BCUT2D eigenvalue weighted by molar-refractivity contribution is 6.49. The average Bonchev–Trinajstić information content (AvgIpc) is 2.96. The van der Waals surface area contributed by atoms with Gasteiger partial charge >= 0.3 is 0 Å². The second-order valence-electron chi connectivity index (χ2n) is 9.26. The van der Waals surface area contributed by atoms with Crippen LogP contribution in [0.5, 0.6) is 17.2 Å². The van der Waals surface area contributed by atoms with Crippen molar-refractivity contribution in [2.45, 2.75) is 54.4 Å². The maximum atomic E-state index is 13.0. The number of amides is 1. The van der Waals surface area contributed by atoms with Crippen LogP contribution in [0.2, 0.25) is 0 Å². The number of hydrogen-bond acceptors (Lipinski definition) is 7. The number of halogens is 1. The van der Waals surface area contributed by atoms with Crippen molar-refractivity contribution in [3.8, 4) is 17.2 Å². The van der Waals surface area contributed by atoms with Crippen LogP contribution in [0.4, 0.5) is 11.4 Å². The van der Waals surface area contributed by atoms with E-state index < -0.39 is 5.78 Å². The van der Waals surface area contributed by atoms with Gasteiger partial charge < -0.3 is 24.4 Å². The molecular weight excluding hydrogens is 542 g/mol. The molecule has 1 aliphatic carbocycles. The third-order valence-corrected chi connectivity index (χ3v) is 7.24. The number of Topliss-reactive ketones (excluding diaryl/α,β-unsaturated/α-hetero) is 1. The highest BCUT2D eigenvalue weighted by Crippen LogP contribution is 2.38. The van der Waals surface area contributed by atoms with E-state index in [1.54, 1.807) is 18.2 Å². The average molecular weight is 584 g/mol. The Hall–Kier alpha value is -3.78. The molecule has 2 aromatic carbocycles. The van der Waals surface area contributed by atoms with Crippen LogP contribution < -0.4 is 24.4 Å². The third-order valence-electron chi connectivity index (χ3n) is 6.84. The highest BCUT2D eigenvalue weighted by atomic mass is 35.5. The zero-order valence-electron chi connectivity index (χ0n) is 24.3. The minimum atomic E-state index is -0.424. The van der Waals surface area contributed by atoms with E-state index in [-0.39, 0.29) is 30.5 Å². The summed E-state index contributed by atoms with van der Waals surface area (Å²) in [6.45, 7) is 10.00. The summed E-state index contributed by atoms with van der Waals surface area (Å²) in [6.07, 6.45) is 2.66. The molecular formula is C32H42ClN3O5. The normalized spacial score (nSPS) is 13.9. The first-order chi connectivity index (χ1) is 19.2. The maximum Gasteiger partial charge on any atom is 0.224 e. The number of rotatable bonds is 12. The fourth-order valence-electron chi connectivity index (χ4n) is 4.62. The molecule has 1 N–H and O–H groups in total. The Morgan fingerprint density at radius 1 is 1.00 bits per heavy atom. The van der Waals surface area contributed by atoms with Gasteiger partial charge in [-0.2, -0.15) is 0 Å². The van der Waals surface area contributed by atoms with Gasteiger partial charge in [0.05, 0.1) is 43.5 Å². The number of aliphatic imine (C=N–C) groups is 1. The summed E-state index contributed by atoms with van der Waals surface area (Å²) in [7, 11) is 4.61. The molecule has 222 valence electrons. The van der Waals surface area contributed by atoms with Crippen molar-refractivity contribution in [1.29, 1.82) is 0 Å². The van der Waals surface area contributed by atoms with Crippen molar-refractivity contribution in [3.05, 3.63) is 63.8 Å². The first-order valence-corrected chi connectivity index (χ1v) is 13.8. The molecule has 0 spiro atoms. The number of ketones is 1. The zero-order valence-corrected chi connectivity index (χ0v) is 25.1. The lowest BCUT2D eigenvalue weighted by Crippen LogP contribution is -2.31. The fourth-order valence-corrected chi connectivity index (χ4v) is 4.95. The third kappa shape index (κ3) is 7.70. The molecule has 0 bridgehead atoms. The quantitative estimate of drug-likeness (QED) is 0.280. The molecule has 8 nitrogen and oxygen atoms in total. The van der Waals surface area contributed by atoms with E-state index in [2.05, 4.69) is 30.1 Å². The van der Waals surface area contributed by atoms with Gasteiger partial charge in [-0.25, -0.2) is 4.99 Å². The molecule has 0 heterocycles. The van der Waals surface area contributed by atoms with Crippen molar-refractivity contribution in [2.24, 2.45) is 4.99 Å². The predicted octanol–water partition coefficient (Wildman–Crippen LogP) is 6.69. The van der Waals surface area contributed by atoms with Crippen LogP contribution >= 0.6 is 11.6 Å². The second kappa shape index (κ2) is 15.3. The van der Waals surface area contributed by atoms with Crippen LogP contribution in [0, 0.1) is 6.92 Å². The largest absolute Gasteiger partial charge is 0.493 e. The number of carbonyl (C=O) groups is 2. The summed E-state index contributed by atoms with van der Waals surface area (Å²) in [5.41, 5.74) is 5.05. The number of nitrogens with one attached hydrogen (secondary N) is 1. The summed E-state index contributed by atoms with van der Waals surface area (Å²) in [5, 5.41) is 2.81. The van der Waals surface area contributed by atoms with E-state index in [1.807, 2.05) is 26.0 Å². The summed E-state index contributed by atoms with van der Waals surface area (Å²) in [4.78, 5) is 33.0. The fraction of sp³-hybridized carbons (Fsp3) is 0.406. The number of nitrogens with zero attached hydrogens (tertiary/aromatic N) is 2. The van der Waals surface area contributed by atoms with Crippen molar-refractivity contribution < 1.29 is 23.8 Å². The number of hydrogen-bond donors (Lipinski definition) is 1. The van der Waals surface area contributed by atoms with Gasteiger partial charge in [-0.05, 0) is 81.1 Å². The molecule has 0 radical (unpaired) electrons. The van der Waals surface area contributed by atoms with E-state index in [9.17, 15) is 9.59 Å². The van der Waals surface area contributed by atoms with Crippen LogP contribution in [0.15, 0.2) is 57.7 Å². The Morgan fingerprint density at radius 3 is 2.15 bits per heavy atom. The number of ether oxygens (including phenoxy) is 3. The van der Waals surface area contributed by atoms with Crippen LogP contribution in [0.1, 0.15) is 52.2 Å². The topological polar surface area (TPSA) is 89.5 Å². The maximum absolute atomic E-state index is 13.0. The van der Waals surface area contributed by atoms with Gasteiger partial charge in [-0.3, -0.25) is 9.59 Å². The highest BCUT2D eigenvalue weighted by Gasteiger charge is 2.27. The summed E-state index contributed by atoms with van der Waals surface area (Å²) >= 11 is 6.50. The smallest absolute Gasteiger partial charge is 0.224 e. The number of carbonyl (C=O) groups excluding carboxylic acids is 2. The Kier molecular flexibility index (Phi) is 12.5. The standard InChI is InChI=1S/C31H38ClN3O5.CH4/c1-8-22-24(33-23-13-12-21(15-19(23)4)35(9-2)10-3)18-25(30(37)29(22)32)34-28(36)14-11-20-16-26(38-5)31(40-7)27(17-20)39-6;/h12-13,15-18H,8-11,14H2,1-7H3,(H,34,36);1H4. The summed E-state index contributed by atoms with van der Waals surface area (Å²) < 4.78 is 16.2. The lowest BCUT2D eigenvalue weighted by Gasteiger charge is -2.22. The minimum Gasteiger partial charge on any atom is -0.493 e. The van der Waals surface area contributed by atoms with Crippen LogP contribution in [0.3, 0.4) is 0 Å². The minimum absolute atomic E-state index is 0. The van der Waals surface area contributed by atoms with Crippen molar-refractivity contribution in [3.63, 3.8) is 0 Å². The number of benzene rings is 2. The first kappa shape index (κ1) is 33.4. The van der Waals surface area contributed by atoms with E-state index in [1.165, 1.54) is 21.3 Å². The second-order valence-corrected chi connectivity index (χ2v) is 9.63. The number of methoxy groups -OCH3 is 3. The van der Waals surface area contributed by atoms with E-state index >= 15 is 0 Å². The summed E-state index contributed by atoms with van der Waals surface area (Å²) in [6, 6.07) is 9.71. The molecule has 0 saturated heterocycles. The molecule has 0 atom stereocenters. The molecule has 0 aromatic heterocycles. The van der Waals surface area contributed by atoms with Crippen LogP contribution in [-0.4, -0.2) is 51.8 Å². The molecule has 3 rings (SSSR count). The first-order valence-electron chi connectivity index (χ1n) is 13.4. The SMILES string of the molecule is C.CCC1=C(Cl)C(=O)C(NC(=O)CCc2cc(OC)c(OC)c(OC)c2)=CC1=Nc1ccc(N(CC)CC)cc1C. The Morgan fingerprint density at radius 2 is 1.63 bits per heavy atom. The monoisotopic (exact) mass is 583 g/mol. The molecule has 9 heteroatoms. The lowest BCUT2D eigenvalue weighted by atomic mass is 9.97. The number of aryl methyl sites for hydroxylation is 2. The lowest BCUT2D eigenvalue weighted by molar-refractivity contribution is -0.122. The van der Waals surface area contributed by atoms with Crippen molar-refractivity contribution in [1.82, 2.24) is 5.32 Å². The van der Waals surface area contributed by atoms with E-state index in [4.69, 9.17) is 30.8 Å². The molecule has 0 saturated carbocycles. The van der Waals surface area contributed by atoms with E-state index in [0.717, 1.165) is 35.6 Å². The van der Waals surface area contributed by atoms with Crippen LogP contribution in [0.25, 0.3) is 0 Å². The van der Waals surface area contributed by atoms with Gasteiger partial charge in [0.2, 0.25) is 17.4 Å². The van der Waals surface area contributed by atoms with Gasteiger partial charge in [-0.15, -0.1) is 0 Å². The number of anilines is 1.